The van der Waals surface area contributed by atoms with Gasteiger partial charge >= 0.3 is 0 Å². The predicted octanol–water partition coefficient (Wildman–Crippen LogP) is 2.83. The van der Waals surface area contributed by atoms with Gasteiger partial charge in [0, 0.05) is 0 Å². The lowest BCUT2D eigenvalue weighted by molar-refractivity contribution is 0.0952. The molecule has 1 amide bonds. The van der Waals surface area contributed by atoms with Crippen LogP contribution in [0.15, 0.2) is 41.5 Å². The quantitative estimate of drug-likeness (QED) is 0.651. The molecule has 0 aliphatic heterocycles. The summed E-state index contributed by atoms with van der Waals surface area (Å²) in [5, 5.41) is 13.8. The number of hydrogen-bond donors (Lipinski definition) is 2. The molecule has 0 saturated carbocycles. The SMILES string of the molecule is COc1cc(/C=N\NC(=O)c2ccccc2O)cc(Cl)c1OC. The van der Waals surface area contributed by atoms with Gasteiger partial charge in [0.05, 0.1) is 31.0 Å². The van der Waals surface area contributed by atoms with E-state index < -0.39 is 5.91 Å². The number of nitrogens with one attached hydrogen (secondary N) is 1. The average molecular weight is 335 g/mol. The van der Waals surface area contributed by atoms with Crippen molar-refractivity contribution in [1.29, 1.82) is 0 Å². The number of hydrazone groups is 1. The Balaban J connectivity index is 2.13. The second-order valence-corrected chi connectivity index (χ2v) is 4.86. The zero-order valence-corrected chi connectivity index (χ0v) is 13.3. The van der Waals surface area contributed by atoms with Gasteiger partial charge < -0.3 is 14.6 Å². The zero-order chi connectivity index (χ0) is 16.8. The van der Waals surface area contributed by atoms with Crippen LogP contribution in [0.2, 0.25) is 5.02 Å². The summed E-state index contributed by atoms with van der Waals surface area (Å²) in [6, 6.07) is 9.48. The minimum atomic E-state index is -0.522. The Hall–Kier alpha value is -2.73. The first-order valence-electron chi connectivity index (χ1n) is 6.59. The molecule has 0 bridgehead atoms. The van der Waals surface area contributed by atoms with E-state index in [1.165, 1.54) is 32.6 Å². The van der Waals surface area contributed by atoms with Crippen molar-refractivity contribution in [1.82, 2.24) is 5.43 Å². The third-order valence-electron chi connectivity index (χ3n) is 2.98. The molecule has 6 nitrogen and oxygen atoms in total. The molecule has 0 fully saturated rings. The van der Waals surface area contributed by atoms with Crippen molar-refractivity contribution in [2.24, 2.45) is 5.10 Å². The van der Waals surface area contributed by atoms with E-state index in [0.717, 1.165) is 0 Å². The highest BCUT2D eigenvalue weighted by molar-refractivity contribution is 6.32. The van der Waals surface area contributed by atoms with Crippen LogP contribution in [-0.2, 0) is 0 Å². The van der Waals surface area contributed by atoms with Crippen LogP contribution in [0.1, 0.15) is 15.9 Å². The molecule has 0 radical (unpaired) electrons. The maximum absolute atomic E-state index is 11.9. The number of halogens is 1. The lowest BCUT2D eigenvalue weighted by Gasteiger charge is -2.09. The molecule has 23 heavy (non-hydrogen) atoms. The molecule has 2 rings (SSSR count). The fraction of sp³-hybridized carbons (Fsp3) is 0.125. The van der Waals surface area contributed by atoms with Crippen molar-refractivity contribution in [3.05, 3.63) is 52.5 Å². The summed E-state index contributed by atoms with van der Waals surface area (Å²) in [6.45, 7) is 0. The number of para-hydroxylation sites is 1. The van der Waals surface area contributed by atoms with Gasteiger partial charge in [0.1, 0.15) is 5.75 Å². The van der Waals surface area contributed by atoms with Crippen LogP contribution in [-0.4, -0.2) is 31.4 Å². The number of rotatable bonds is 5. The Kier molecular flexibility index (Phi) is 5.43. The van der Waals surface area contributed by atoms with Crippen molar-refractivity contribution in [2.45, 2.75) is 0 Å². The number of hydrogen-bond acceptors (Lipinski definition) is 5. The molecule has 2 N–H and O–H groups in total. The highest BCUT2D eigenvalue weighted by Crippen LogP contribution is 2.35. The van der Waals surface area contributed by atoms with Gasteiger partial charge in [0.25, 0.3) is 5.91 Å². The summed E-state index contributed by atoms with van der Waals surface area (Å²) in [6.07, 6.45) is 1.41. The summed E-state index contributed by atoms with van der Waals surface area (Å²) in [5.41, 5.74) is 3.08. The number of phenolic OH excluding ortho intramolecular Hbond substituents is 1. The predicted molar refractivity (Wildman–Crippen MR) is 87.7 cm³/mol. The first kappa shape index (κ1) is 16.6. The second kappa shape index (κ2) is 7.51. The smallest absolute Gasteiger partial charge is 0.275 e. The number of amides is 1. The van der Waals surface area contributed by atoms with Crippen molar-refractivity contribution in [2.75, 3.05) is 14.2 Å². The molecular weight excluding hydrogens is 320 g/mol. The molecule has 0 aliphatic rings. The van der Waals surface area contributed by atoms with Gasteiger partial charge in [-0.3, -0.25) is 4.79 Å². The molecule has 120 valence electrons. The summed E-state index contributed by atoms with van der Waals surface area (Å²) >= 11 is 6.08. The number of ether oxygens (including phenoxy) is 2. The third kappa shape index (κ3) is 3.92. The Bertz CT molecular complexity index is 747. The Morgan fingerprint density at radius 3 is 2.65 bits per heavy atom. The number of aromatic hydroxyl groups is 1. The van der Waals surface area contributed by atoms with Crippen molar-refractivity contribution >= 4 is 23.7 Å². The van der Waals surface area contributed by atoms with Crippen molar-refractivity contribution < 1.29 is 19.4 Å². The number of benzene rings is 2. The highest BCUT2D eigenvalue weighted by Gasteiger charge is 2.11. The van der Waals surface area contributed by atoms with Crippen molar-refractivity contribution in [3.8, 4) is 17.2 Å². The fourth-order valence-corrected chi connectivity index (χ4v) is 2.20. The zero-order valence-electron chi connectivity index (χ0n) is 12.5. The molecule has 0 unspecified atom stereocenters. The van der Waals surface area contributed by atoms with Crippen LogP contribution in [0.3, 0.4) is 0 Å². The number of nitrogens with zero attached hydrogens (tertiary/aromatic N) is 1. The number of methoxy groups -OCH3 is 2. The molecule has 0 aliphatic carbocycles. The van der Waals surface area contributed by atoms with Gasteiger partial charge in [-0.15, -0.1) is 0 Å². The van der Waals surface area contributed by atoms with E-state index in [2.05, 4.69) is 10.5 Å². The van der Waals surface area contributed by atoms with Gasteiger partial charge in [0.15, 0.2) is 11.5 Å². The van der Waals surface area contributed by atoms with Gasteiger partial charge in [-0.25, -0.2) is 5.43 Å². The summed E-state index contributed by atoms with van der Waals surface area (Å²) in [4.78, 5) is 11.9. The molecule has 0 heterocycles. The standard InChI is InChI=1S/C16H15ClN2O4/c1-22-14-8-10(7-12(17)15(14)23-2)9-18-19-16(21)11-5-3-4-6-13(11)20/h3-9,20H,1-2H3,(H,19,21)/b18-9-. The Morgan fingerprint density at radius 2 is 2.00 bits per heavy atom. The molecule has 2 aromatic rings. The first-order valence-corrected chi connectivity index (χ1v) is 6.97. The van der Waals surface area contributed by atoms with E-state index in [-0.39, 0.29) is 11.3 Å². The van der Waals surface area contributed by atoms with Crippen LogP contribution in [0.25, 0.3) is 0 Å². The normalized spacial score (nSPS) is 10.6. The molecule has 2 aromatic carbocycles. The van der Waals surface area contributed by atoms with E-state index in [4.69, 9.17) is 21.1 Å². The molecule has 0 saturated heterocycles. The molecule has 0 atom stereocenters. The molecule has 7 heteroatoms. The minimum absolute atomic E-state index is 0.116. The molecule has 0 spiro atoms. The van der Waals surface area contributed by atoms with Gasteiger partial charge in [0.2, 0.25) is 0 Å². The number of phenols is 1. The molecule has 0 aromatic heterocycles. The van der Waals surface area contributed by atoms with Crippen LogP contribution in [0.4, 0.5) is 0 Å². The summed E-state index contributed by atoms with van der Waals surface area (Å²) in [5.74, 6) is 0.235. The van der Waals surface area contributed by atoms with Crippen LogP contribution >= 0.6 is 11.6 Å². The third-order valence-corrected chi connectivity index (χ3v) is 3.27. The van der Waals surface area contributed by atoms with Gasteiger partial charge in [-0.05, 0) is 29.8 Å². The van der Waals surface area contributed by atoms with E-state index in [1.807, 2.05) is 0 Å². The minimum Gasteiger partial charge on any atom is -0.507 e. The average Bonchev–Trinajstić information content (AvgIpc) is 2.54. The summed E-state index contributed by atoms with van der Waals surface area (Å²) < 4.78 is 10.3. The molecular formula is C16H15ClN2O4. The maximum atomic E-state index is 11.9. The van der Waals surface area contributed by atoms with E-state index in [9.17, 15) is 9.90 Å². The lowest BCUT2D eigenvalue weighted by atomic mass is 10.2. The monoisotopic (exact) mass is 334 g/mol. The first-order chi connectivity index (χ1) is 11.1. The fourth-order valence-electron chi connectivity index (χ4n) is 1.90. The second-order valence-electron chi connectivity index (χ2n) is 4.45. The van der Waals surface area contributed by atoms with E-state index in [1.54, 1.807) is 24.3 Å². The Labute approximate surface area is 138 Å². The summed E-state index contributed by atoms with van der Waals surface area (Å²) in [7, 11) is 2.99. The maximum Gasteiger partial charge on any atom is 0.275 e. The van der Waals surface area contributed by atoms with E-state index in [0.29, 0.717) is 22.1 Å². The van der Waals surface area contributed by atoms with Crippen LogP contribution < -0.4 is 14.9 Å². The highest BCUT2D eigenvalue weighted by atomic mass is 35.5. The number of carbonyl (C=O) groups excluding carboxylic acids is 1. The van der Waals surface area contributed by atoms with Gasteiger partial charge in [-0.1, -0.05) is 23.7 Å². The lowest BCUT2D eigenvalue weighted by Crippen LogP contribution is -2.17. The number of carbonyl (C=O) groups is 1. The van der Waals surface area contributed by atoms with Gasteiger partial charge in [-0.2, -0.15) is 5.10 Å². The largest absolute Gasteiger partial charge is 0.507 e. The van der Waals surface area contributed by atoms with Crippen molar-refractivity contribution in [3.63, 3.8) is 0 Å². The Morgan fingerprint density at radius 1 is 1.26 bits per heavy atom. The van der Waals surface area contributed by atoms with E-state index >= 15 is 0 Å². The topological polar surface area (TPSA) is 80.2 Å². The van der Waals surface area contributed by atoms with Crippen LogP contribution in [0.5, 0.6) is 17.2 Å². The van der Waals surface area contributed by atoms with Crippen LogP contribution in [0, 0.1) is 0 Å².